The van der Waals surface area contributed by atoms with Gasteiger partial charge >= 0.3 is 0 Å². The molecule has 0 bridgehead atoms. The van der Waals surface area contributed by atoms with Gasteiger partial charge in [0.15, 0.2) is 0 Å². The van der Waals surface area contributed by atoms with E-state index >= 15 is 0 Å². The number of rotatable bonds is 2. The molecule has 15 heavy (non-hydrogen) atoms. The first-order valence-electron chi connectivity index (χ1n) is 5.50. The van der Waals surface area contributed by atoms with Crippen LogP contribution in [0.25, 0.3) is 0 Å². The predicted octanol–water partition coefficient (Wildman–Crippen LogP) is 3.12. The number of hydrogen-bond acceptors (Lipinski definition) is 3. The SMILES string of the molecule is CC1CCCCC1Nc1ncc(Cl)cn1. The van der Waals surface area contributed by atoms with Crippen LogP contribution in [0.5, 0.6) is 0 Å². The molecule has 1 fully saturated rings. The maximum atomic E-state index is 5.73. The van der Waals surface area contributed by atoms with Gasteiger partial charge in [0, 0.05) is 6.04 Å². The molecule has 3 nitrogen and oxygen atoms in total. The summed E-state index contributed by atoms with van der Waals surface area (Å²) >= 11 is 5.73. The molecule has 0 amide bonds. The molecule has 1 heterocycles. The lowest BCUT2D eigenvalue weighted by atomic mass is 9.86. The summed E-state index contributed by atoms with van der Waals surface area (Å²) in [6.45, 7) is 2.28. The van der Waals surface area contributed by atoms with E-state index in [0.717, 1.165) is 0 Å². The van der Waals surface area contributed by atoms with Gasteiger partial charge in [0.05, 0.1) is 17.4 Å². The van der Waals surface area contributed by atoms with E-state index in [1.165, 1.54) is 25.7 Å². The molecular formula is C11H16ClN3. The molecule has 1 saturated carbocycles. The van der Waals surface area contributed by atoms with Gasteiger partial charge in [0.25, 0.3) is 0 Å². The Balaban J connectivity index is 1.98. The standard InChI is InChI=1S/C11H16ClN3/c1-8-4-2-3-5-10(8)15-11-13-6-9(12)7-14-11/h6-8,10H,2-5H2,1H3,(H,13,14,15). The van der Waals surface area contributed by atoms with Crippen LogP contribution in [0.4, 0.5) is 5.95 Å². The second kappa shape index (κ2) is 4.79. The van der Waals surface area contributed by atoms with E-state index in [1.54, 1.807) is 12.4 Å². The summed E-state index contributed by atoms with van der Waals surface area (Å²) in [6.07, 6.45) is 8.42. The lowest BCUT2D eigenvalue weighted by Gasteiger charge is -2.29. The number of anilines is 1. The lowest BCUT2D eigenvalue weighted by Crippen LogP contribution is -2.31. The summed E-state index contributed by atoms with van der Waals surface area (Å²) in [4.78, 5) is 8.31. The fourth-order valence-electron chi connectivity index (χ4n) is 2.08. The maximum Gasteiger partial charge on any atom is 0.222 e. The monoisotopic (exact) mass is 225 g/mol. The highest BCUT2D eigenvalue weighted by Gasteiger charge is 2.21. The molecule has 2 atom stereocenters. The first-order chi connectivity index (χ1) is 7.25. The molecule has 0 aliphatic heterocycles. The van der Waals surface area contributed by atoms with Crippen molar-refractivity contribution in [1.29, 1.82) is 0 Å². The summed E-state index contributed by atoms with van der Waals surface area (Å²) in [7, 11) is 0. The van der Waals surface area contributed by atoms with Crippen molar-refractivity contribution in [1.82, 2.24) is 9.97 Å². The Labute approximate surface area is 95.3 Å². The number of aromatic nitrogens is 2. The first-order valence-corrected chi connectivity index (χ1v) is 5.87. The minimum Gasteiger partial charge on any atom is -0.351 e. The molecule has 0 radical (unpaired) electrons. The summed E-state index contributed by atoms with van der Waals surface area (Å²) in [5, 5.41) is 3.96. The Morgan fingerprint density at radius 2 is 1.93 bits per heavy atom. The Kier molecular flexibility index (Phi) is 3.41. The second-order valence-electron chi connectivity index (χ2n) is 4.24. The van der Waals surface area contributed by atoms with Crippen LogP contribution in [0.15, 0.2) is 12.4 Å². The second-order valence-corrected chi connectivity index (χ2v) is 4.67. The fourth-order valence-corrected chi connectivity index (χ4v) is 2.18. The van der Waals surface area contributed by atoms with Gasteiger partial charge in [-0.3, -0.25) is 0 Å². The fraction of sp³-hybridized carbons (Fsp3) is 0.636. The van der Waals surface area contributed by atoms with E-state index in [2.05, 4.69) is 22.2 Å². The number of halogens is 1. The van der Waals surface area contributed by atoms with Crippen LogP contribution < -0.4 is 5.32 Å². The average molecular weight is 226 g/mol. The van der Waals surface area contributed by atoms with E-state index < -0.39 is 0 Å². The van der Waals surface area contributed by atoms with Gasteiger partial charge in [0.1, 0.15) is 0 Å². The topological polar surface area (TPSA) is 37.8 Å². The minimum absolute atomic E-state index is 0.514. The Morgan fingerprint density at radius 1 is 1.27 bits per heavy atom. The molecular weight excluding hydrogens is 210 g/mol. The highest BCUT2D eigenvalue weighted by atomic mass is 35.5. The van der Waals surface area contributed by atoms with Crippen LogP contribution in [0, 0.1) is 5.92 Å². The van der Waals surface area contributed by atoms with Gasteiger partial charge in [-0.1, -0.05) is 31.4 Å². The molecule has 1 aromatic rings. The molecule has 2 rings (SSSR count). The van der Waals surface area contributed by atoms with Crippen LogP contribution in [-0.2, 0) is 0 Å². The zero-order chi connectivity index (χ0) is 10.7. The third-order valence-corrected chi connectivity index (χ3v) is 3.24. The van der Waals surface area contributed by atoms with Crippen molar-refractivity contribution >= 4 is 17.5 Å². The zero-order valence-corrected chi connectivity index (χ0v) is 9.67. The van der Waals surface area contributed by atoms with E-state index in [0.29, 0.717) is 22.9 Å². The van der Waals surface area contributed by atoms with Gasteiger partial charge in [0.2, 0.25) is 5.95 Å². The molecule has 4 heteroatoms. The highest BCUT2D eigenvalue weighted by Crippen LogP contribution is 2.25. The van der Waals surface area contributed by atoms with Crippen molar-refractivity contribution in [3.63, 3.8) is 0 Å². The van der Waals surface area contributed by atoms with E-state index in [4.69, 9.17) is 11.6 Å². The van der Waals surface area contributed by atoms with Crippen LogP contribution in [-0.4, -0.2) is 16.0 Å². The van der Waals surface area contributed by atoms with Gasteiger partial charge in [-0.25, -0.2) is 9.97 Å². The third kappa shape index (κ3) is 2.81. The van der Waals surface area contributed by atoms with Crippen molar-refractivity contribution in [3.05, 3.63) is 17.4 Å². The van der Waals surface area contributed by atoms with Crippen molar-refractivity contribution in [3.8, 4) is 0 Å². The van der Waals surface area contributed by atoms with Crippen LogP contribution >= 0.6 is 11.6 Å². The minimum atomic E-state index is 0.514. The van der Waals surface area contributed by atoms with Gasteiger partial charge in [-0.15, -0.1) is 0 Å². The Morgan fingerprint density at radius 3 is 2.60 bits per heavy atom. The molecule has 1 aromatic heterocycles. The van der Waals surface area contributed by atoms with Crippen molar-refractivity contribution in [2.24, 2.45) is 5.92 Å². The molecule has 0 spiro atoms. The first kappa shape index (κ1) is 10.7. The molecule has 1 aliphatic carbocycles. The smallest absolute Gasteiger partial charge is 0.222 e. The van der Waals surface area contributed by atoms with Gasteiger partial charge in [-0.2, -0.15) is 0 Å². The zero-order valence-electron chi connectivity index (χ0n) is 8.91. The highest BCUT2D eigenvalue weighted by molar-refractivity contribution is 6.30. The van der Waals surface area contributed by atoms with Crippen LogP contribution in [0.1, 0.15) is 32.6 Å². The van der Waals surface area contributed by atoms with E-state index in [-0.39, 0.29) is 0 Å². The quantitative estimate of drug-likeness (QED) is 0.841. The molecule has 0 saturated heterocycles. The summed E-state index contributed by atoms with van der Waals surface area (Å²) < 4.78 is 0. The van der Waals surface area contributed by atoms with E-state index in [1.807, 2.05) is 0 Å². The average Bonchev–Trinajstić information content (AvgIpc) is 2.25. The van der Waals surface area contributed by atoms with Gasteiger partial charge in [-0.05, 0) is 18.8 Å². The molecule has 1 N–H and O–H groups in total. The molecule has 82 valence electrons. The Hall–Kier alpha value is -0.830. The largest absolute Gasteiger partial charge is 0.351 e. The number of hydrogen-bond donors (Lipinski definition) is 1. The number of nitrogens with one attached hydrogen (secondary N) is 1. The van der Waals surface area contributed by atoms with Crippen LogP contribution in [0.3, 0.4) is 0 Å². The summed E-state index contributed by atoms with van der Waals surface area (Å²) in [5.74, 6) is 1.40. The van der Waals surface area contributed by atoms with Gasteiger partial charge < -0.3 is 5.32 Å². The van der Waals surface area contributed by atoms with Crippen molar-refractivity contribution < 1.29 is 0 Å². The summed E-state index contributed by atoms with van der Waals surface area (Å²) in [5.41, 5.74) is 0. The molecule has 2 unspecified atom stereocenters. The Bertz CT molecular complexity index is 312. The maximum absolute atomic E-state index is 5.73. The predicted molar refractivity (Wildman–Crippen MR) is 62.1 cm³/mol. The summed E-state index contributed by atoms with van der Waals surface area (Å²) in [6, 6.07) is 0.514. The van der Waals surface area contributed by atoms with Crippen LogP contribution in [0.2, 0.25) is 5.02 Å². The normalized spacial score (nSPS) is 26.3. The molecule has 0 aromatic carbocycles. The lowest BCUT2D eigenvalue weighted by molar-refractivity contribution is 0.348. The van der Waals surface area contributed by atoms with Crippen molar-refractivity contribution in [2.75, 3.05) is 5.32 Å². The van der Waals surface area contributed by atoms with E-state index in [9.17, 15) is 0 Å². The third-order valence-electron chi connectivity index (χ3n) is 3.05. The number of nitrogens with zero attached hydrogens (tertiary/aromatic N) is 2. The molecule has 1 aliphatic rings. The van der Waals surface area contributed by atoms with Crippen molar-refractivity contribution in [2.45, 2.75) is 38.6 Å².